The highest BCUT2D eigenvalue weighted by atomic mass is 32.1. The Morgan fingerprint density at radius 2 is 1.85 bits per heavy atom. The van der Waals surface area contributed by atoms with E-state index in [9.17, 15) is 4.79 Å². The average Bonchev–Trinajstić information content (AvgIpc) is 3.24. The fourth-order valence-electron chi connectivity index (χ4n) is 3.37. The molecule has 0 saturated carbocycles. The molecule has 1 aromatic carbocycles. The van der Waals surface area contributed by atoms with Gasteiger partial charge in [-0.2, -0.15) is 0 Å². The van der Waals surface area contributed by atoms with E-state index >= 15 is 0 Å². The second-order valence-corrected chi connectivity index (χ2v) is 7.77. The summed E-state index contributed by atoms with van der Waals surface area (Å²) in [6.07, 6.45) is 7.51. The molecule has 1 aliphatic rings. The van der Waals surface area contributed by atoms with Crippen molar-refractivity contribution in [2.24, 2.45) is 5.92 Å². The van der Waals surface area contributed by atoms with Gasteiger partial charge in [-0.05, 0) is 30.9 Å². The number of hydrogen-bond acceptors (Lipinski definition) is 5. The van der Waals surface area contributed by atoms with Crippen molar-refractivity contribution in [2.45, 2.75) is 12.8 Å². The Bertz CT molecular complexity index is 873. The van der Waals surface area contributed by atoms with Crippen LogP contribution >= 0.6 is 11.3 Å². The summed E-state index contributed by atoms with van der Waals surface area (Å²) in [4.78, 5) is 24.0. The number of aromatic nitrogens is 2. The van der Waals surface area contributed by atoms with Gasteiger partial charge in [-0.3, -0.25) is 9.78 Å². The minimum absolute atomic E-state index is 0.0220. The molecule has 138 valence electrons. The van der Waals surface area contributed by atoms with Crippen molar-refractivity contribution in [3.05, 3.63) is 65.9 Å². The largest absolute Gasteiger partial charge is 0.371 e. The summed E-state index contributed by atoms with van der Waals surface area (Å²) in [6.45, 7) is 2.76. The van der Waals surface area contributed by atoms with Gasteiger partial charge in [0.05, 0.1) is 6.20 Å². The third-order valence-electron chi connectivity index (χ3n) is 4.94. The quantitative estimate of drug-likeness (QED) is 0.733. The van der Waals surface area contributed by atoms with Gasteiger partial charge in [0.15, 0.2) is 0 Å². The minimum Gasteiger partial charge on any atom is -0.371 e. The van der Waals surface area contributed by atoms with Gasteiger partial charge in [-0.1, -0.05) is 30.3 Å². The van der Waals surface area contributed by atoms with Crippen LogP contribution < -0.4 is 10.2 Å². The molecule has 2 aromatic heterocycles. The van der Waals surface area contributed by atoms with Gasteiger partial charge in [0.2, 0.25) is 0 Å². The molecule has 1 N–H and O–H groups in total. The van der Waals surface area contributed by atoms with Crippen LogP contribution in [0.25, 0.3) is 10.6 Å². The number of thiazole rings is 1. The molecule has 1 amide bonds. The van der Waals surface area contributed by atoms with Crippen molar-refractivity contribution in [3.63, 3.8) is 0 Å². The first-order valence-corrected chi connectivity index (χ1v) is 10.1. The molecule has 0 atom stereocenters. The monoisotopic (exact) mass is 378 g/mol. The van der Waals surface area contributed by atoms with E-state index < -0.39 is 0 Å². The number of amides is 1. The predicted octanol–water partition coefficient (Wildman–Crippen LogP) is 3.85. The number of hydrogen-bond donors (Lipinski definition) is 1. The molecule has 1 fully saturated rings. The van der Waals surface area contributed by atoms with E-state index in [1.54, 1.807) is 6.20 Å². The van der Waals surface area contributed by atoms with E-state index in [0.29, 0.717) is 10.8 Å². The van der Waals surface area contributed by atoms with Crippen LogP contribution in [0.2, 0.25) is 0 Å². The number of carbonyl (C=O) groups excluding carboxylic acids is 1. The molecule has 3 heterocycles. The molecule has 1 saturated heterocycles. The summed E-state index contributed by atoms with van der Waals surface area (Å²) in [6, 6.07) is 14.1. The summed E-state index contributed by atoms with van der Waals surface area (Å²) in [5.41, 5.74) is 2.27. The van der Waals surface area contributed by atoms with E-state index in [4.69, 9.17) is 0 Å². The smallest absolute Gasteiger partial charge is 0.263 e. The number of anilines is 1. The van der Waals surface area contributed by atoms with Crippen LogP contribution in [-0.4, -0.2) is 35.5 Å². The molecule has 6 heteroatoms. The lowest BCUT2D eigenvalue weighted by molar-refractivity contribution is 0.0949. The maximum absolute atomic E-state index is 12.5. The van der Waals surface area contributed by atoms with Gasteiger partial charge in [0, 0.05) is 43.3 Å². The Morgan fingerprint density at radius 3 is 2.59 bits per heavy atom. The number of rotatable bonds is 5. The topological polar surface area (TPSA) is 58.1 Å². The highest BCUT2D eigenvalue weighted by Gasteiger charge is 2.20. The summed E-state index contributed by atoms with van der Waals surface area (Å²) in [5, 5.41) is 3.97. The van der Waals surface area contributed by atoms with Crippen LogP contribution in [0, 0.1) is 5.92 Å². The van der Waals surface area contributed by atoms with Crippen molar-refractivity contribution in [3.8, 4) is 10.6 Å². The molecule has 1 aliphatic heterocycles. The molecule has 0 bridgehead atoms. The van der Waals surface area contributed by atoms with Gasteiger partial charge < -0.3 is 10.2 Å². The van der Waals surface area contributed by atoms with Crippen molar-refractivity contribution >= 4 is 22.9 Å². The minimum atomic E-state index is -0.0220. The van der Waals surface area contributed by atoms with Crippen LogP contribution in [0.5, 0.6) is 0 Å². The zero-order valence-electron chi connectivity index (χ0n) is 15.0. The molecular formula is C21H22N4OS. The molecule has 0 aliphatic carbocycles. The van der Waals surface area contributed by atoms with E-state index in [2.05, 4.69) is 32.3 Å². The Kier molecular flexibility index (Phi) is 5.44. The normalized spacial score (nSPS) is 14.9. The average molecular weight is 379 g/mol. The van der Waals surface area contributed by atoms with Gasteiger partial charge >= 0.3 is 0 Å². The predicted molar refractivity (Wildman–Crippen MR) is 109 cm³/mol. The first-order valence-electron chi connectivity index (χ1n) is 9.24. The number of nitrogens with one attached hydrogen (secondary N) is 1. The number of piperidine rings is 1. The third-order valence-corrected chi connectivity index (χ3v) is 5.99. The lowest BCUT2D eigenvalue weighted by Crippen LogP contribution is -2.38. The van der Waals surface area contributed by atoms with E-state index in [1.165, 1.54) is 17.0 Å². The van der Waals surface area contributed by atoms with Crippen LogP contribution in [0.15, 0.2) is 61.1 Å². The molecule has 0 radical (unpaired) electrons. The fourth-order valence-corrected chi connectivity index (χ4v) is 4.21. The van der Waals surface area contributed by atoms with Gasteiger partial charge in [0.25, 0.3) is 5.91 Å². The zero-order valence-corrected chi connectivity index (χ0v) is 15.9. The SMILES string of the molecule is O=C(NCC1CCN(c2ccncc2)CC1)c1cnc(-c2ccccc2)s1. The van der Waals surface area contributed by atoms with Crippen molar-refractivity contribution in [2.75, 3.05) is 24.5 Å². The fraction of sp³-hybridized carbons (Fsp3) is 0.286. The number of carbonyl (C=O) groups is 1. The molecular weight excluding hydrogens is 356 g/mol. The van der Waals surface area contributed by atoms with Gasteiger partial charge in [-0.15, -0.1) is 11.3 Å². The number of nitrogens with zero attached hydrogens (tertiary/aromatic N) is 3. The Hall–Kier alpha value is -2.73. The molecule has 27 heavy (non-hydrogen) atoms. The summed E-state index contributed by atoms with van der Waals surface area (Å²) in [5.74, 6) is 0.500. The molecule has 0 spiro atoms. The first kappa shape index (κ1) is 17.7. The van der Waals surface area contributed by atoms with E-state index in [1.807, 2.05) is 42.7 Å². The summed E-state index contributed by atoms with van der Waals surface area (Å²) >= 11 is 1.44. The Labute approximate surface area is 163 Å². The van der Waals surface area contributed by atoms with Gasteiger partial charge in [-0.25, -0.2) is 4.98 Å². The second-order valence-electron chi connectivity index (χ2n) is 6.74. The molecule has 4 rings (SSSR count). The maximum Gasteiger partial charge on any atom is 0.263 e. The Balaban J connectivity index is 1.27. The van der Waals surface area contributed by atoms with Crippen LogP contribution in [0.3, 0.4) is 0 Å². The maximum atomic E-state index is 12.5. The van der Waals surface area contributed by atoms with E-state index in [-0.39, 0.29) is 5.91 Å². The van der Waals surface area contributed by atoms with Crippen LogP contribution in [-0.2, 0) is 0 Å². The lowest BCUT2D eigenvalue weighted by atomic mass is 9.96. The summed E-state index contributed by atoms with van der Waals surface area (Å²) in [7, 11) is 0. The van der Waals surface area contributed by atoms with Crippen molar-refractivity contribution in [1.29, 1.82) is 0 Å². The highest BCUT2D eigenvalue weighted by Crippen LogP contribution is 2.25. The second kappa shape index (κ2) is 8.31. The molecule has 5 nitrogen and oxygen atoms in total. The van der Waals surface area contributed by atoms with Crippen LogP contribution in [0.4, 0.5) is 5.69 Å². The van der Waals surface area contributed by atoms with E-state index in [0.717, 1.165) is 43.0 Å². The third kappa shape index (κ3) is 4.34. The number of pyridine rings is 1. The molecule has 0 unspecified atom stereocenters. The standard InChI is InChI=1S/C21H22N4OS/c26-20(19-15-24-21(27-19)17-4-2-1-3-5-17)23-14-16-8-12-25(13-9-16)18-6-10-22-11-7-18/h1-7,10-11,15-16H,8-9,12-14H2,(H,23,26). The van der Waals surface area contributed by atoms with Gasteiger partial charge in [0.1, 0.15) is 9.88 Å². The zero-order chi connectivity index (χ0) is 18.5. The highest BCUT2D eigenvalue weighted by molar-refractivity contribution is 7.16. The first-order chi connectivity index (χ1) is 13.3. The van der Waals surface area contributed by atoms with Crippen molar-refractivity contribution in [1.82, 2.24) is 15.3 Å². The molecule has 3 aromatic rings. The number of benzene rings is 1. The van der Waals surface area contributed by atoms with Crippen molar-refractivity contribution < 1.29 is 4.79 Å². The summed E-state index contributed by atoms with van der Waals surface area (Å²) < 4.78 is 0. The lowest BCUT2D eigenvalue weighted by Gasteiger charge is -2.33. The van der Waals surface area contributed by atoms with Crippen LogP contribution in [0.1, 0.15) is 22.5 Å². The Morgan fingerprint density at radius 1 is 1.11 bits per heavy atom.